The molecule has 6 aromatic rings. The van der Waals surface area contributed by atoms with Crippen LogP contribution in [0.2, 0.25) is 0 Å². The molecule has 2 heteroatoms. The molecule has 160 valence electrons. The molecule has 3 aromatic heterocycles. The molecule has 0 aliphatic carbocycles. The summed E-state index contributed by atoms with van der Waals surface area (Å²) in [4.78, 5) is 0. The van der Waals surface area contributed by atoms with Crippen LogP contribution in [0.4, 0.5) is 0 Å². The molecule has 0 bridgehead atoms. The first-order valence-electron chi connectivity index (χ1n) is 11.7. The molecule has 0 saturated carbocycles. The van der Waals surface area contributed by atoms with E-state index in [1.54, 1.807) is 0 Å². The first-order chi connectivity index (χ1) is 15.2. The van der Waals surface area contributed by atoms with Crippen molar-refractivity contribution in [3.8, 4) is 0 Å². The van der Waals surface area contributed by atoms with Crippen LogP contribution in [-0.2, 0) is 13.5 Å². The molecule has 3 aromatic carbocycles. The van der Waals surface area contributed by atoms with E-state index in [1.165, 1.54) is 71.3 Å². The van der Waals surface area contributed by atoms with E-state index >= 15 is 0 Å². The average Bonchev–Trinajstić information content (AvgIpc) is 3.05. The molecule has 0 amide bonds. The second-order valence-corrected chi connectivity index (χ2v) is 10.9. The third-order valence-corrected chi connectivity index (χ3v) is 7.45. The molecule has 32 heavy (non-hydrogen) atoms. The Morgan fingerprint density at radius 1 is 0.812 bits per heavy atom. The highest BCUT2D eigenvalue weighted by Crippen LogP contribution is 2.43. The summed E-state index contributed by atoms with van der Waals surface area (Å²) in [6.45, 7) is 13.9. The topological polar surface area (TPSA) is 8.29 Å². The van der Waals surface area contributed by atoms with Crippen LogP contribution < -0.4 is 4.57 Å². The van der Waals surface area contributed by atoms with Crippen molar-refractivity contribution >= 4 is 49.0 Å². The van der Waals surface area contributed by atoms with E-state index < -0.39 is 0 Å². The predicted octanol–water partition coefficient (Wildman–Crippen LogP) is 7.33. The molecule has 0 fully saturated rings. The highest BCUT2D eigenvalue weighted by atomic mass is 15.0. The summed E-state index contributed by atoms with van der Waals surface area (Å²) in [6.07, 6.45) is 3.32. The molecule has 0 aliphatic rings. The molecule has 0 saturated heterocycles. The Morgan fingerprint density at radius 2 is 1.56 bits per heavy atom. The lowest BCUT2D eigenvalue weighted by atomic mass is 9.84. The zero-order valence-corrected chi connectivity index (χ0v) is 20.2. The summed E-state index contributed by atoms with van der Waals surface area (Å²) in [7, 11) is 2.20. The van der Waals surface area contributed by atoms with Crippen molar-refractivity contribution in [3.63, 3.8) is 0 Å². The monoisotopic (exact) mass is 419 g/mol. The van der Waals surface area contributed by atoms with Gasteiger partial charge in [-0.05, 0) is 78.4 Å². The van der Waals surface area contributed by atoms with Crippen LogP contribution in [0, 0.1) is 26.2 Å². The van der Waals surface area contributed by atoms with Gasteiger partial charge >= 0.3 is 0 Å². The Balaban J connectivity index is 2.01. The lowest BCUT2D eigenvalue weighted by Gasteiger charge is -2.22. The molecule has 2 nitrogen and oxygen atoms in total. The van der Waals surface area contributed by atoms with Crippen molar-refractivity contribution < 1.29 is 4.57 Å². The van der Waals surface area contributed by atoms with Gasteiger partial charge in [0.1, 0.15) is 7.05 Å². The van der Waals surface area contributed by atoms with Gasteiger partial charge in [0.05, 0.1) is 27.3 Å². The van der Waals surface area contributed by atoms with E-state index in [1.807, 2.05) is 0 Å². The van der Waals surface area contributed by atoms with Gasteiger partial charge in [0.15, 0.2) is 6.20 Å². The van der Waals surface area contributed by atoms with Gasteiger partial charge in [-0.3, -0.25) is 0 Å². The molecule has 0 aliphatic heterocycles. The largest absolute Gasteiger partial charge is 0.307 e. The molecule has 0 spiro atoms. The van der Waals surface area contributed by atoms with Gasteiger partial charge in [0.25, 0.3) is 0 Å². The summed E-state index contributed by atoms with van der Waals surface area (Å²) < 4.78 is 4.88. The fourth-order valence-electron chi connectivity index (χ4n) is 5.87. The van der Waals surface area contributed by atoms with Gasteiger partial charge < -0.3 is 4.40 Å². The summed E-state index contributed by atoms with van der Waals surface area (Å²) in [5.74, 6) is 0. The number of aryl methyl sites for hydroxylation is 4. The predicted molar refractivity (Wildman–Crippen MR) is 137 cm³/mol. The lowest BCUT2D eigenvalue weighted by molar-refractivity contribution is -0.643. The number of hydrogen-bond donors (Lipinski definition) is 0. The third-order valence-electron chi connectivity index (χ3n) is 7.45. The smallest absolute Gasteiger partial charge is 0.224 e. The van der Waals surface area contributed by atoms with E-state index in [-0.39, 0.29) is 5.41 Å². The second-order valence-electron chi connectivity index (χ2n) is 10.9. The molecule has 0 radical (unpaired) electrons. The van der Waals surface area contributed by atoms with Gasteiger partial charge in [-0.1, -0.05) is 39.0 Å². The molecule has 3 heterocycles. The SMILES string of the molecule is Cc1cc2c3ccccc3n3c4cc(CC(C)(C)C)c(C)c5cc[n+](C)c(c(c1C)c23)c54. The zero-order chi connectivity index (χ0) is 22.5. The molecular weight excluding hydrogens is 388 g/mol. The van der Waals surface area contributed by atoms with Crippen molar-refractivity contribution in [3.05, 3.63) is 70.9 Å². The fourth-order valence-corrected chi connectivity index (χ4v) is 5.87. The number of nitrogens with zero attached hydrogens (tertiary/aromatic N) is 2. The first kappa shape index (κ1) is 19.5. The van der Waals surface area contributed by atoms with Crippen molar-refractivity contribution in [2.24, 2.45) is 12.5 Å². The first-order valence-corrected chi connectivity index (χ1v) is 11.7. The van der Waals surface area contributed by atoms with E-state index in [2.05, 4.69) is 106 Å². The molecular formula is C30H31N2+. The number of hydrogen-bond acceptors (Lipinski definition) is 0. The van der Waals surface area contributed by atoms with Crippen molar-refractivity contribution in [2.75, 3.05) is 0 Å². The quantitative estimate of drug-likeness (QED) is 0.150. The lowest BCUT2D eigenvalue weighted by Crippen LogP contribution is -2.29. The minimum atomic E-state index is 0.238. The van der Waals surface area contributed by atoms with Gasteiger partial charge in [0.2, 0.25) is 5.52 Å². The summed E-state index contributed by atoms with van der Waals surface area (Å²) >= 11 is 0. The number of pyridine rings is 2. The second kappa shape index (κ2) is 6.22. The summed E-state index contributed by atoms with van der Waals surface area (Å²) in [6, 6.07) is 16.1. The Bertz CT molecular complexity index is 1710. The van der Waals surface area contributed by atoms with Crippen molar-refractivity contribution in [2.45, 2.75) is 48.0 Å². The van der Waals surface area contributed by atoms with E-state index in [0.29, 0.717) is 0 Å². The molecule has 0 atom stereocenters. The average molecular weight is 420 g/mol. The van der Waals surface area contributed by atoms with E-state index in [4.69, 9.17) is 0 Å². The highest BCUT2D eigenvalue weighted by Gasteiger charge is 2.26. The van der Waals surface area contributed by atoms with Gasteiger partial charge in [0, 0.05) is 16.8 Å². The molecule has 0 unspecified atom stereocenters. The number of rotatable bonds is 1. The summed E-state index contributed by atoms with van der Waals surface area (Å²) in [5, 5.41) is 6.86. The van der Waals surface area contributed by atoms with Gasteiger partial charge in [-0.25, -0.2) is 4.57 Å². The Hall–Kier alpha value is -3.13. The van der Waals surface area contributed by atoms with E-state index in [0.717, 1.165) is 6.42 Å². The van der Waals surface area contributed by atoms with E-state index in [9.17, 15) is 0 Å². The zero-order valence-electron chi connectivity index (χ0n) is 20.2. The van der Waals surface area contributed by atoms with Crippen LogP contribution in [-0.4, -0.2) is 4.40 Å². The maximum atomic E-state index is 2.55. The third kappa shape index (κ3) is 2.44. The van der Waals surface area contributed by atoms with Crippen LogP contribution in [0.15, 0.2) is 48.7 Å². The minimum absolute atomic E-state index is 0.238. The van der Waals surface area contributed by atoms with Crippen LogP contribution in [0.5, 0.6) is 0 Å². The maximum Gasteiger partial charge on any atom is 0.224 e. The van der Waals surface area contributed by atoms with Gasteiger partial charge in [-0.15, -0.1) is 0 Å². The maximum absolute atomic E-state index is 2.55. The van der Waals surface area contributed by atoms with Crippen LogP contribution in [0.25, 0.3) is 49.0 Å². The Labute approximate surface area is 189 Å². The summed E-state index contributed by atoms with van der Waals surface area (Å²) in [5.41, 5.74) is 11.2. The minimum Gasteiger partial charge on any atom is -0.307 e. The normalized spacial score (nSPS) is 13.0. The van der Waals surface area contributed by atoms with Crippen LogP contribution >= 0.6 is 0 Å². The number of benzene rings is 3. The van der Waals surface area contributed by atoms with Crippen molar-refractivity contribution in [1.82, 2.24) is 4.40 Å². The molecule has 0 N–H and O–H groups in total. The number of aromatic nitrogens is 2. The van der Waals surface area contributed by atoms with Gasteiger partial charge in [-0.2, -0.15) is 0 Å². The fraction of sp³-hybridized carbons (Fsp3) is 0.300. The Morgan fingerprint density at radius 3 is 2.31 bits per heavy atom. The number of para-hydroxylation sites is 1. The Kier molecular flexibility index (Phi) is 3.80. The van der Waals surface area contributed by atoms with Crippen LogP contribution in [0.3, 0.4) is 0 Å². The number of fused-ring (bicyclic) bond motifs is 5. The van der Waals surface area contributed by atoms with Crippen LogP contribution in [0.1, 0.15) is 43.0 Å². The van der Waals surface area contributed by atoms with Crippen molar-refractivity contribution in [1.29, 1.82) is 0 Å². The highest BCUT2D eigenvalue weighted by molar-refractivity contribution is 6.26. The standard InChI is InChI=1S/C30H31N2/c1-17-14-23-22-10-8-9-11-24(22)32-25-15-20(16-30(4,5)6)19(3)21-12-13-31(7)29(27(21)25)26(18(17)2)28(23)32/h8-15H,16H2,1-7H3/q+1. The molecule has 6 rings (SSSR count).